The number of benzene rings is 2. The van der Waals surface area contributed by atoms with Crippen LogP contribution in [0.2, 0.25) is 10.0 Å². The maximum absolute atomic E-state index is 13.9. The molecule has 0 bridgehead atoms. The van der Waals surface area contributed by atoms with Crippen LogP contribution >= 0.6 is 23.2 Å². The summed E-state index contributed by atoms with van der Waals surface area (Å²) in [6, 6.07) is 1.84. The van der Waals surface area contributed by atoms with Crippen molar-refractivity contribution in [2.24, 2.45) is 0 Å². The summed E-state index contributed by atoms with van der Waals surface area (Å²) in [5.41, 5.74) is -9.38. The van der Waals surface area contributed by atoms with E-state index in [0.29, 0.717) is 12.1 Å². The smallest absolute Gasteiger partial charge is 0.381 e. The first-order valence-electron chi connectivity index (χ1n) is 10.1. The molecular weight excluding hydrogens is 568 g/mol. The first-order chi connectivity index (χ1) is 16.8. The molecule has 16 heteroatoms. The van der Waals surface area contributed by atoms with E-state index < -0.39 is 81.2 Å². The molecule has 0 heterocycles. The molecule has 2 amide bonds. The second kappa shape index (κ2) is 11.0. The molecule has 2 aromatic rings. The average molecular weight is 586 g/mol. The Kier molecular flexibility index (Phi) is 9.14. The predicted molar refractivity (Wildman–Crippen MR) is 117 cm³/mol. The van der Waals surface area contributed by atoms with Gasteiger partial charge in [0.25, 0.3) is 0 Å². The third kappa shape index (κ3) is 7.26. The molecule has 0 unspecified atom stereocenters. The van der Waals surface area contributed by atoms with Gasteiger partial charge in [-0.3, -0.25) is 0 Å². The maximum Gasteiger partial charge on any atom is 0.423 e. The Morgan fingerprint density at radius 2 is 1.49 bits per heavy atom. The molecule has 0 saturated carbocycles. The van der Waals surface area contributed by atoms with Gasteiger partial charge in [0.1, 0.15) is 0 Å². The minimum atomic E-state index is -5.59. The zero-order valence-electron chi connectivity index (χ0n) is 18.5. The molecule has 1 atom stereocenters. The van der Waals surface area contributed by atoms with Crippen LogP contribution in [0.15, 0.2) is 30.3 Å². The van der Waals surface area contributed by atoms with E-state index in [4.69, 9.17) is 23.2 Å². The van der Waals surface area contributed by atoms with Crippen molar-refractivity contribution in [3.8, 4) is 0 Å². The Balaban J connectivity index is 2.45. The van der Waals surface area contributed by atoms with Crippen LogP contribution in [-0.4, -0.2) is 30.4 Å². The van der Waals surface area contributed by atoms with Gasteiger partial charge in [0.15, 0.2) is 0 Å². The molecule has 0 aromatic heterocycles. The standard InChI is InChI=1S/C21H18Cl2F9N3O2/c1-2-33-17(36)34-8-10-3-4-12(7-13(10)19(24,25)26)35-9-18(37,21(30,31)32)11-5-14(20(27,28)29)16(23)15(22)6-11/h3-7,35,37H,2,8-9H2,1H3,(H2,33,34,36)/t18-/m0/s1. The number of urea groups is 1. The minimum absolute atomic E-state index is 0.0410. The van der Waals surface area contributed by atoms with Gasteiger partial charge in [-0.2, -0.15) is 39.5 Å². The maximum atomic E-state index is 13.9. The topological polar surface area (TPSA) is 73.4 Å². The summed E-state index contributed by atoms with van der Waals surface area (Å²) in [6.45, 7) is -0.381. The van der Waals surface area contributed by atoms with E-state index in [1.165, 1.54) is 0 Å². The Morgan fingerprint density at radius 1 is 0.892 bits per heavy atom. The highest BCUT2D eigenvalue weighted by Crippen LogP contribution is 2.45. The van der Waals surface area contributed by atoms with Crippen LogP contribution in [0.4, 0.5) is 50.0 Å². The number of hydrogen-bond donors (Lipinski definition) is 4. The Labute approximate surface area is 213 Å². The van der Waals surface area contributed by atoms with Crippen LogP contribution < -0.4 is 16.0 Å². The number of nitrogens with one attached hydrogen (secondary N) is 3. The number of rotatable bonds is 7. The van der Waals surface area contributed by atoms with E-state index in [1.807, 2.05) is 5.32 Å². The monoisotopic (exact) mass is 585 g/mol. The van der Waals surface area contributed by atoms with Crippen molar-refractivity contribution in [2.75, 3.05) is 18.4 Å². The Hall–Kier alpha value is -2.58. The summed E-state index contributed by atoms with van der Waals surface area (Å²) in [5.74, 6) is 0. The van der Waals surface area contributed by atoms with Gasteiger partial charge in [-0.15, -0.1) is 0 Å². The van der Waals surface area contributed by atoms with Gasteiger partial charge in [-0.25, -0.2) is 4.79 Å². The highest BCUT2D eigenvalue weighted by molar-refractivity contribution is 6.42. The molecule has 2 aromatic carbocycles. The molecule has 0 aliphatic rings. The van der Waals surface area contributed by atoms with Crippen molar-refractivity contribution in [3.63, 3.8) is 0 Å². The molecule has 2 rings (SSSR count). The number of hydrogen-bond acceptors (Lipinski definition) is 3. The fourth-order valence-corrected chi connectivity index (χ4v) is 3.57. The molecule has 0 saturated heterocycles. The van der Waals surface area contributed by atoms with Gasteiger partial charge in [0, 0.05) is 18.8 Å². The van der Waals surface area contributed by atoms with Gasteiger partial charge in [-0.1, -0.05) is 29.3 Å². The van der Waals surface area contributed by atoms with Crippen LogP contribution in [0, 0.1) is 0 Å². The van der Waals surface area contributed by atoms with Crippen molar-refractivity contribution in [3.05, 3.63) is 62.6 Å². The van der Waals surface area contributed by atoms with E-state index in [1.54, 1.807) is 6.92 Å². The fourth-order valence-electron chi connectivity index (χ4n) is 3.13. The lowest BCUT2D eigenvalue weighted by Crippen LogP contribution is -2.48. The summed E-state index contributed by atoms with van der Waals surface area (Å²) >= 11 is 11.0. The number of anilines is 1. The van der Waals surface area contributed by atoms with Crippen molar-refractivity contribution < 1.29 is 49.4 Å². The SMILES string of the molecule is CCNC(=O)NCc1ccc(NC[C@](O)(c2cc(Cl)c(Cl)c(C(F)(F)F)c2)C(F)(F)F)cc1C(F)(F)F. The molecule has 37 heavy (non-hydrogen) atoms. The summed E-state index contributed by atoms with van der Waals surface area (Å²) < 4.78 is 122. The fraction of sp³-hybridized carbons (Fsp3) is 0.381. The van der Waals surface area contributed by atoms with Crippen LogP contribution in [-0.2, 0) is 24.5 Å². The Morgan fingerprint density at radius 3 is 2.00 bits per heavy atom. The van der Waals surface area contributed by atoms with E-state index in [9.17, 15) is 49.4 Å². The number of aliphatic hydroxyl groups is 1. The van der Waals surface area contributed by atoms with E-state index >= 15 is 0 Å². The van der Waals surface area contributed by atoms with Crippen molar-refractivity contribution in [2.45, 2.75) is 37.6 Å². The largest absolute Gasteiger partial charge is 0.423 e. The molecule has 4 N–H and O–H groups in total. The summed E-state index contributed by atoms with van der Waals surface area (Å²) in [4.78, 5) is 11.5. The van der Waals surface area contributed by atoms with Gasteiger partial charge >= 0.3 is 24.6 Å². The number of alkyl halides is 9. The van der Waals surface area contributed by atoms with Crippen LogP contribution in [0.5, 0.6) is 0 Å². The summed E-state index contributed by atoms with van der Waals surface area (Å²) in [5, 5.41) is 14.9. The second-order valence-electron chi connectivity index (χ2n) is 7.61. The van der Waals surface area contributed by atoms with Gasteiger partial charge in [-0.05, 0) is 42.3 Å². The highest BCUT2D eigenvalue weighted by atomic mass is 35.5. The van der Waals surface area contributed by atoms with Crippen molar-refractivity contribution in [1.82, 2.24) is 10.6 Å². The van der Waals surface area contributed by atoms with Crippen molar-refractivity contribution in [1.29, 1.82) is 0 Å². The van der Waals surface area contributed by atoms with Gasteiger partial charge in [0.05, 0.1) is 27.7 Å². The third-order valence-electron chi connectivity index (χ3n) is 5.02. The van der Waals surface area contributed by atoms with Crippen LogP contribution in [0.3, 0.4) is 0 Å². The molecule has 0 spiro atoms. The van der Waals surface area contributed by atoms with Crippen LogP contribution in [0.1, 0.15) is 29.2 Å². The Bertz CT molecular complexity index is 1140. The zero-order valence-corrected chi connectivity index (χ0v) is 20.0. The summed E-state index contributed by atoms with van der Waals surface area (Å²) in [6.07, 6.45) is -15.8. The first-order valence-corrected chi connectivity index (χ1v) is 10.9. The molecule has 0 radical (unpaired) electrons. The minimum Gasteiger partial charge on any atom is -0.381 e. The number of carbonyl (C=O) groups is 1. The van der Waals surface area contributed by atoms with E-state index in [-0.39, 0.29) is 12.6 Å². The quantitative estimate of drug-likeness (QED) is 0.273. The first kappa shape index (κ1) is 30.6. The predicted octanol–water partition coefficient (Wildman–Crippen LogP) is 6.71. The van der Waals surface area contributed by atoms with E-state index in [0.717, 1.165) is 12.1 Å². The second-order valence-corrected chi connectivity index (χ2v) is 8.40. The normalized spacial score (nSPS) is 14.2. The van der Waals surface area contributed by atoms with Gasteiger partial charge in [0.2, 0.25) is 5.60 Å². The number of amides is 2. The molecule has 0 aliphatic carbocycles. The van der Waals surface area contributed by atoms with E-state index in [2.05, 4.69) is 10.6 Å². The van der Waals surface area contributed by atoms with Gasteiger partial charge < -0.3 is 21.1 Å². The lowest BCUT2D eigenvalue weighted by atomic mass is 9.91. The summed E-state index contributed by atoms with van der Waals surface area (Å²) in [7, 11) is 0. The molecule has 0 aliphatic heterocycles. The lowest BCUT2D eigenvalue weighted by molar-refractivity contribution is -0.260. The number of carbonyl (C=O) groups excluding carboxylic acids is 1. The van der Waals surface area contributed by atoms with Crippen LogP contribution in [0.25, 0.3) is 0 Å². The number of halogens is 11. The lowest BCUT2D eigenvalue weighted by Gasteiger charge is -2.32. The zero-order chi connectivity index (χ0) is 28.4. The molecule has 206 valence electrons. The van der Waals surface area contributed by atoms with Crippen molar-refractivity contribution >= 4 is 34.9 Å². The molecule has 0 fully saturated rings. The molecular formula is C21H18Cl2F9N3O2. The molecule has 5 nitrogen and oxygen atoms in total. The highest BCUT2D eigenvalue weighted by Gasteiger charge is 2.56. The average Bonchev–Trinajstić information content (AvgIpc) is 2.76. The third-order valence-corrected chi connectivity index (χ3v) is 5.82.